The molecule has 15 heavy (non-hydrogen) atoms. The van der Waals surface area contributed by atoms with Crippen LogP contribution in [-0.2, 0) is 4.74 Å². The lowest BCUT2D eigenvalue weighted by atomic mass is 10.1. The molecule has 3 nitrogen and oxygen atoms in total. The third-order valence-corrected chi connectivity index (χ3v) is 2.26. The van der Waals surface area contributed by atoms with Crippen LogP contribution >= 0.6 is 0 Å². The summed E-state index contributed by atoms with van der Waals surface area (Å²) in [6, 6.07) is 7.50. The van der Waals surface area contributed by atoms with Crippen molar-refractivity contribution in [3.63, 3.8) is 0 Å². The predicted octanol–water partition coefficient (Wildman–Crippen LogP) is 1.64. The summed E-state index contributed by atoms with van der Waals surface area (Å²) in [4.78, 5) is 11.7. The van der Waals surface area contributed by atoms with Gasteiger partial charge < -0.3 is 10.1 Å². The van der Waals surface area contributed by atoms with Crippen LogP contribution in [0.5, 0.6) is 0 Å². The molecule has 3 heteroatoms. The molecule has 0 radical (unpaired) electrons. The largest absolute Gasteiger partial charge is 0.477 e. The van der Waals surface area contributed by atoms with Gasteiger partial charge in [-0.15, -0.1) is 0 Å². The molecule has 0 unspecified atom stereocenters. The maximum atomic E-state index is 11.7. The number of ketones is 1. The quantitative estimate of drug-likeness (QED) is 0.586. The Bertz CT molecular complexity index is 385. The van der Waals surface area contributed by atoms with E-state index in [2.05, 4.69) is 5.32 Å². The van der Waals surface area contributed by atoms with E-state index in [4.69, 9.17) is 4.74 Å². The van der Waals surface area contributed by atoms with Crippen LogP contribution < -0.4 is 5.32 Å². The smallest absolute Gasteiger partial charge is 0.191 e. The van der Waals surface area contributed by atoms with Gasteiger partial charge in [-0.1, -0.05) is 29.8 Å². The lowest BCUT2D eigenvalue weighted by Crippen LogP contribution is -2.07. The number of carbonyl (C=O) groups is 1. The highest BCUT2D eigenvalue weighted by Gasteiger charge is 2.09. The molecular weight excluding hydrogens is 190 g/mol. The first kappa shape index (κ1) is 9.77. The predicted molar refractivity (Wildman–Crippen MR) is 57.5 cm³/mol. The molecule has 0 bridgehead atoms. The summed E-state index contributed by atoms with van der Waals surface area (Å²) in [7, 11) is 0. The van der Waals surface area contributed by atoms with Gasteiger partial charge in [0.1, 0.15) is 6.61 Å². The summed E-state index contributed by atoms with van der Waals surface area (Å²) >= 11 is 0. The zero-order valence-electron chi connectivity index (χ0n) is 8.62. The fourth-order valence-electron chi connectivity index (χ4n) is 1.40. The Morgan fingerprint density at radius 3 is 2.73 bits per heavy atom. The van der Waals surface area contributed by atoms with Crippen LogP contribution in [0, 0.1) is 6.92 Å². The number of rotatable bonds is 2. The Morgan fingerprint density at radius 1 is 1.40 bits per heavy atom. The van der Waals surface area contributed by atoms with E-state index >= 15 is 0 Å². The second-order valence-electron chi connectivity index (χ2n) is 3.51. The first-order chi connectivity index (χ1) is 7.25. The number of ether oxygens (including phenoxy) is 1. The monoisotopic (exact) mass is 203 g/mol. The summed E-state index contributed by atoms with van der Waals surface area (Å²) in [6.45, 7) is 3.40. The van der Waals surface area contributed by atoms with Crippen LogP contribution in [-0.4, -0.2) is 18.9 Å². The molecule has 1 aliphatic heterocycles. The van der Waals surface area contributed by atoms with Crippen molar-refractivity contribution in [1.29, 1.82) is 0 Å². The lowest BCUT2D eigenvalue weighted by molar-refractivity contribution is 0.104. The molecule has 1 N–H and O–H groups in total. The third-order valence-electron chi connectivity index (χ3n) is 2.26. The van der Waals surface area contributed by atoms with Gasteiger partial charge in [-0.25, -0.2) is 0 Å². The van der Waals surface area contributed by atoms with E-state index in [1.807, 2.05) is 31.2 Å². The molecule has 0 aliphatic carbocycles. The number of hydrogen-bond donors (Lipinski definition) is 1. The van der Waals surface area contributed by atoms with Crippen molar-refractivity contribution < 1.29 is 9.53 Å². The Morgan fingerprint density at radius 2 is 2.13 bits per heavy atom. The van der Waals surface area contributed by atoms with Gasteiger partial charge in [0.25, 0.3) is 0 Å². The summed E-state index contributed by atoms with van der Waals surface area (Å²) in [5, 5.41) is 2.99. The van der Waals surface area contributed by atoms with Crippen molar-refractivity contribution in [2.24, 2.45) is 0 Å². The average Bonchev–Trinajstić information content (AvgIpc) is 2.71. The number of hydrogen-bond acceptors (Lipinski definition) is 3. The maximum absolute atomic E-state index is 11.7. The first-order valence-corrected chi connectivity index (χ1v) is 4.95. The summed E-state index contributed by atoms with van der Waals surface area (Å²) in [5.74, 6) is 0.542. The van der Waals surface area contributed by atoms with E-state index in [1.165, 1.54) is 6.08 Å². The van der Waals surface area contributed by atoms with Gasteiger partial charge in [-0.3, -0.25) is 4.79 Å². The summed E-state index contributed by atoms with van der Waals surface area (Å²) in [5.41, 5.74) is 1.83. The van der Waals surface area contributed by atoms with E-state index in [0.29, 0.717) is 18.1 Å². The summed E-state index contributed by atoms with van der Waals surface area (Å²) in [6.07, 6.45) is 1.50. The molecule has 1 saturated heterocycles. The highest BCUT2D eigenvalue weighted by molar-refractivity contribution is 6.04. The van der Waals surface area contributed by atoms with Crippen LogP contribution in [0.2, 0.25) is 0 Å². The minimum atomic E-state index is -0.0283. The topological polar surface area (TPSA) is 38.3 Å². The van der Waals surface area contributed by atoms with Crippen molar-refractivity contribution in [1.82, 2.24) is 5.32 Å². The van der Waals surface area contributed by atoms with Crippen LogP contribution in [0.15, 0.2) is 36.2 Å². The van der Waals surface area contributed by atoms with Crippen molar-refractivity contribution in [2.45, 2.75) is 6.92 Å². The van der Waals surface area contributed by atoms with E-state index in [9.17, 15) is 4.79 Å². The molecule has 0 aromatic heterocycles. The second kappa shape index (κ2) is 4.17. The maximum Gasteiger partial charge on any atom is 0.191 e. The van der Waals surface area contributed by atoms with Crippen molar-refractivity contribution in [3.05, 3.63) is 47.4 Å². The van der Waals surface area contributed by atoms with E-state index in [-0.39, 0.29) is 5.78 Å². The average molecular weight is 203 g/mol. The standard InChI is InChI=1S/C12H13NO2/c1-9-2-4-10(5-3-9)11(14)8-12-13-6-7-15-12/h2-5,8,13H,6-7H2,1H3/b12-8+. The molecule has 0 amide bonds. The molecular formula is C12H13NO2. The zero-order chi connectivity index (χ0) is 10.7. The number of nitrogens with one attached hydrogen (secondary N) is 1. The molecule has 0 atom stereocenters. The Labute approximate surface area is 88.8 Å². The van der Waals surface area contributed by atoms with E-state index in [0.717, 1.165) is 12.1 Å². The Balaban J connectivity index is 2.14. The van der Waals surface area contributed by atoms with Crippen LogP contribution in [0.3, 0.4) is 0 Å². The zero-order valence-corrected chi connectivity index (χ0v) is 8.62. The van der Waals surface area contributed by atoms with Crippen LogP contribution in [0.4, 0.5) is 0 Å². The molecule has 1 fully saturated rings. The fourth-order valence-corrected chi connectivity index (χ4v) is 1.40. The van der Waals surface area contributed by atoms with Gasteiger partial charge in [-0.2, -0.15) is 0 Å². The first-order valence-electron chi connectivity index (χ1n) is 4.95. The normalized spacial score (nSPS) is 17.3. The Hall–Kier alpha value is -1.77. The van der Waals surface area contributed by atoms with E-state index < -0.39 is 0 Å². The minimum Gasteiger partial charge on any atom is -0.477 e. The van der Waals surface area contributed by atoms with Crippen molar-refractivity contribution in [3.8, 4) is 0 Å². The highest BCUT2D eigenvalue weighted by atomic mass is 16.5. The minimum absolute atomic E-state index is 0.0283. The van der Waals surface area contributed by atoms with Gasteiger partial charge in [0, 0.05) is 11.6 Å². The van der Waals surface area contributed by atoms with Gasteiger partial charge >= 0.3 is 0 Å². The van der Waals surface area contributed by atoms with E-state index in [1.54, 1.807) is 0 Å². The second-order valence-corrected chi connectivity index (χ2v) is 3.51. The lowest BCUT2D eigenvalue weighted by Gasteiger charge is -1.99. The van der Waals surface area contributed by atoms with Gasteiger partial charge in [0.15, 0.2) is 11.7 Å². The molecule has 1 heterocycles. The molecule has 78 valence electrons. The highest BCUT2D eigenvalue weighted by Crippen LogP contribution is 2.07. The number of carbonyl (C=O) groups excluding carboxylic acids is 1. The van der Waals surface area contributed by atoms with Gasteiger partial charge in [0.2, 0.25) is 0 Å². The molecule has 0 saturated carbocycles. The number of allylic oxidation sites excluding steroid dienone is 1. The summed E-state index contributed by atoms with van der Waals surface area (Å²) < 4.78 is 5.20. The van der Waals surface area contributed by atoms with Gasteiger partial charge in [-0.05, 0) is 6.92 Å². The van der Waals surface area contributed by atoms with Crippen LogP contribution in [0.1, 0.15) is 15.9 Å². The number of benzene rings is 1. The van der Waals surface area contributed by atoms with Crippen molar-refractivity contribution >= 4 is 5.78 Å². The SMILES string of the molecule is Cc1ccc(C(=O)/C=C2\NCCO2)cc1. The molecule has 1 aliphatic rings. The molecule has 1 aromatic rings. The van der Waals surface area contributed by atoms with Crippen molar-refractivity contribution in [2.75, 3.05) is 13.2 Å². The number of aryl methyl sites for hydroxylation is 1. The molecule has 2 rings (SSSR count). The molecule has 1 aromatic carbocycles. The third kappa shape index (κ3) is 2.37. The fraction of sp³-hybridized carbons (Fsp3) is 0.250. The Kier molecular flexibility index (Phi) is 2.72. The van der Waals surface area contributed by atoms with Gasteiger partial charge in [0.05, 0.1) is 6.54 Å². The molecule has 0 spiro atoms. The van der Waals surface area contributed by atoms with Crippen LogP contribution in [0.25, 0.3) is 0 Å².